The van der Waals surface area contributed by atoms with Crippen LogP contribution in [0.3, 0.4) is 0 Å². The molecule has 2 aromatic rings. The molecule has 30 heavy (non-hydrogen) atoms. The van der Waals surface area contributed by atoms with E-state index in [0.717, 1.165) is 51.3 Å². The Balaban J connectivity index is 1.26. The molecular weight excluding hydrogens is 376 g/mol. The van der Waals surface area contributed by atoms with Crippen molar-refractivity contribution in [2.45, 2.75) is 45.1 Å². The molecule has 0 radical (unpaired) electrons. The van der Waals surface area contributed by atoms with E-state index in [9.17, 15) is 5.11 Å². The number of hydrogen-bond donors (Lipinski definition) is 2. The minimum Gasteiger partial charge on any atom is -0.504 e. The molecule has 0 unspecified atom stereocenters. The van der Waals surface area contributed by atoms with Gasteiger partial charge in [-0.1, -0.05) is 24.6 Å². The number of aromatic hydroxyl groups is 1. The van der Waals surface area contributed by atoms with Gasteiger partial charge in [0, 0.05) is 6.54 Å². The molecule has 0 amide bonds. The van der Waals surface area contributed by atoms with Gasteiger partial charge in [-0.3, -0.25) is 4.90 Å². The number of hydrogen-bond acceptors (Lipinski definition) is 5. The maximum Gasteiger partial charge on any atom is 0.160 e. The van der Waals surface area contributed by atoms with Crippen molar-refractivity contribution in [3.8, 4) is 17.2 Å². The first-order chi connectivity index (χ1) is 14.7. The second-order valence-electron chi connectivity index (χ2n) is 8.05. The van der Waals surface area contributed by atoms with Crippen LogP contribution in [0.25, 0.3) is 0 Å². The largest absolute Gasteiger partial charge is 0.504 e. The molecule has 164 valence electrons. The lowest BCUT2D eigenvalue weighted by atomic mass is 10.1. The molecule has 2 N–H and O–H groups in total. The van der Waals surface area contributed by atoms with E-state index < -0.39 is 0 Å². The predicted molar refractivity (Wildman–Crippen MR) is 122 cm³/mol. The summed E-state index contributed by atoms with van der Waals surface area (Å²) >= 11 is 0. The van der Waals surface area contributed by atoms with Gasteiger partial charge in [0.25, 0.3) is 0 Å². The fourth-order valence-electron chi connectivity index (χ4n) is 3.92. The summed E-state index contributed by atoms with van der Waals surface area (Å²) in [6.07, 6.45) is 7.03. The molecule has 2 aromatic carbocycles. The normalized spacial score (nSPS) is 14.6. The number of phenols is 1. The van der Waals surface area contributed by atoms with Crippen LogP contribution in [0.15, 0.2) is 42.5 Å². The Hall–Kier alpha value is -2.24. The molecule has 0 atom stereocenters. The van der Waals surface area contributed by atoms with E-state index in [1.807, 2.05) is 12.1 Å². The molecule has 3 rings (SSSR count). The summed E-state index contributed by atoms with van der Waals surface area (Å²) < 4.78 is 11.1. The fraction of sp³-hybridized carbons (Fsp3) is 0.520. The van der Waals surface area contributed by atoms with Gasteiger partial charge in [0.2, 0.25) is 0 Å². The van der Waals surface area contributed by atoms with Crippen molar-refractivity contribution in [1.82, 2.24) is 10.2 Å². The van der Waals surface area contributed by atoms with Crippen molar-refractivity contribution in [3.05, 3.63) is 53.6 Å². The summed E-state index contributed by atoms with van der Waals surface area (Å²) in [6.45, 7) is 6.12. The topological polar surface area (TPSA) is 54.0 Å². The van der Waals surface area contributed by atoms with Crippen molar-refractivity contribution in [1.29, 1.82) is 0 Å². The molecule has 1 aliphatic rings. The zero-order valence-corrected chi connectivity index (χ0v) is 18.2. The number of likely N-dealkylation sites (tertiary alicyclic amines) is 1. The Morgan fingerprint density at radius 2 is 1.80 bits per heavy atom. The quantitative estimate of drug-likeness (QED) is 0.507. The third kappa shape index (κ3) is 7.54. The first-order valence-corrected chi connectivity index (χ1v) is 11.3. The Kier molecular flexibility index (Phi) is 9.32. The lowest BCUT2D eigenvalue weighted by Gasteiger charge is -2.26. The minimum absolute atomic E-state index is 0.191. The highest BCUT2D eigenvalue weighted by Crippen LogP contribution is 2.26. The Labute approximate surface area is 181 Å². The number of methoxy groups -OCH3 is 1. The van der Waals surface area contributed by atoms with Gasteiger partial charge in [0.15, 0.2) is 11.5 Å². The minimum atomic E-state index is 0.191. The summed E-state index contributed by atoms with van der Waals surface area (Å²) in [5, 5.41) is 13.1. The standard InChI is InChI=1S/C25H36N2O3/c1-29-25-19-21(11-12-24(25)28)9-6-13-26-14-7-17-30-23-10-5-8-22(18-23)20-27-15-3-2-4-16-27/h5,8,10-12,18-19,26,28H,2-4,6-7,9,13-17,20H2,1H3. The van der Waals surface area contributed by atoms with Gasteiger partial charge in [-0.2, -0.15) is 0 Å². The van der Waals surface area contributed by atoms with Gasteiger partial charge >= 0.3 is 0 Å². The number of aryl methyl sites for hydroxylation is 1. The van der Waals surface area contributed by atoms with Crippen LogP contribution in [-0.2, 0) is 13.0 Å². The smallest absolute Gasteiger partial charge is 0.160 e. The predicted octanol–water partition coefficient (Wildman–Crippen LogP) is 4.38. The average Bonchev–Trinajstić information content (AvgIpc) is 2.77. The maximum absolute atomic E-state index is 9.65. The molecule has 1 heterocycles. The number of rotatable bonds is 12. The summed E-state index contributed by atoms with van der Waals surface area (Å²) in [5.41, 5.74) is 2.53. The number of piperidine rings is 1. The first kappa shape index (κ1) is 22.4. The van der Waals surface area contributed by atoms with Crippen molar-refractivity contribution < 1.29 is 14.6 Å². The number of phenolic OH excluding ortho intramolecular Hbond substituents is 1. The van der Waals surface area contributed by atoms with Gasteiger partial charge < -0.3 is 19.9 Å². The van der Waals surface area contributed by atoms with Crippen LogP contribution in [0.5, 0.6) is 17.2 Å². The van der Waals surface area contributed by atoms with Gasteiger partial charge in [-0.05, 0) is 93.7 Å². The highest BCUT2D eigenvalue weighted by Gasteiger charge is 2.10. The van der Waals surface area contributed by atoms with Crippen LogP contribution in [0.1, 0.15) is 43.2 Å². The van der Waals surface area contributed by atoms with Gasteiger partial charge in [-0.25, -0.2) is 0 Å². The van der Waals surface area contributed by atoms with Crippen molar-refractivity contribution in [3.63, 3.8) is 0 Å². The third-order valence-corrected chi connectivity index (χ3v) is 5.58. The Bertz CT molecular complexity index is 760. The number of nitrogens with zero attached hydrogens (tertiary/aromatic N) is 1. The summed E-state index contributed by atoms with van der Waals surface area (Å²) in [4.78, 5) is 2.54. The molecular formula is C25H36N2O3. The third-order valence-electron chi connectivity index (χ3n) is 5.58. The molecule has 0 bridgehead atoms. The lowest BCUT2D eigenvalue weighted by Crippen LogP contribution is -2.29. The number of nitrogens with one attached hydrogen (secondary N) is 1. The van der Waals surface area contributed by atoms with Crippen LogP contribution in [0.4, 0.5) is 0 Å². The second-order valence-corrected chi connectivity index (χ2v) is 8.05. The van der Waals surface area contributed by atoms with Crippen LogP contribution < -0.4 is 14.8 Å². The van der Waals surface area contributed by atoms with Crippen LogP contribution in [0.2, 0.25) is 0 Å². The second kappa shape index (κ2) is 12.5. The summed E-state index contributed by atoms with van der Waals surface area (Å²) in [6, 6.07) is 14.1. The molecule has 0 spiro atoms. The molecule has 0 saturated carbocycles. The molecule has 5 nitrogen and oxygen atoms in total. The van der Waals surface area contributed by atoms with Crippen molar-refractivity contribution >= 4 is 0 Å². The highest BCUT2D eigenvalue weighted by atomic mass is 16.5. The monoisotopic (exact) mass is 412 g/mol. The number of benzene rings is 2. The first-order valence-electron chi connectivity index (χ1n) is 11.3. The zero-order valence-electron chi connectivity index (χ0n) is 18.2. The Morgan fingerprint density at radius 3 is 2.63 bits per heavy atom. The highest BCUT2D eigenvalue weighted by molar-refractivity contribution is 5.41. The van der Waals surface area contributed by atoms with Crippen LogP contribution in [0, 0.1) is 0 Å². The summed E-state index contributed by atoms with van der Waals surface area (Å²) in [5.74, 6) is 1.71. The molecule has 5 heteroatoms. The SMILES string of the molecule is COc1cc(CCCNCCCOc2cccc(CN3CCCCC3)c2)ccc1O. The molecule has 1 aliphatic heterocycles. The van der Waals surface area contributed by atoms with Crippen molar-refractivity contribution in [2.24, 2.45) is 0 Å². The molecule has 0 aliphatic carbocycles. The van der Waals surface area contributed by atoms with Crippen LogP contribution >= 0.6 is 0 Å². The van der Waals surface area contributed by atoms with E-state index in [1.54, 1.807) is 13.2 Å². The zero-order chi connectivity index (χ0) is 21.0. The van der Waals surface area contributed by atoms with E-state index in [4.69, 9.17) is 9.47 Å². The van der Waals surface area contributed by atoms with Crippen LogP contribution in [-0.4, -0.2) is 49.9 Å². The molecule has 1 saturated heterocycles. The van der Waals surface area contributed by atoms with E-state index >= 15 is 0 Å². The Morgan fingerprint density at radius 1 is 0.967 bits per heavy atom. The van der Waals surface area contributed by atoms with E-state index in [-0.39, 0.29) is 5.75 Å². The van der Waals surface area contributed by atoms with Gasteiger partial charge in [0.1, 0.15) is 5.75 Å². The summed E-state index contributed by atoms with van der Waals surface area (Å²) in [7, 11) is 1.58. The lowest BCUT2D eigenvalue weighted by molar-refractivity contribution is 0.220. The average molecular weight is 413 g/mol. The van der Waals surface area contributed by atoms with Gasteiger partial charge in [0.05, 0.1) is 13.7 Å². The maximum atomic E-state index is 9.65. The number of ether oxygens (including phenoxy) is 2. The molecule has 1 fully saturated rings. The van der Waals surface area contributed by atoms with Gasteiger partial charge in [-0.15, -0.1) is 0 Å². The molecule has 0 aromatic heterocycles. The van der Waals surface area contributed by atoms with Crippen molar-refractivity contribution in [2.75, 3.05) is 39.9 Å². The fourth-order valence-corrected chi connectivity index (χ4v) is 3.92. The van der Waals surface area contributed by atoms with E-state index in [2.05, 4.69) is 34.5 Å². The van der Waals surface area contributed by atoms with E-state index in [0.29, 0.717) is 5.75 Å². The van der Waals surface area contributed by atoms with E-state index in [1.165, 1.54) is 43.5 Å².